The van der Waals surface area contributed by atoms with Crippen molar-refractivity contribution in [3.8, 4) is 10.6 Å². The number of amides is 2. The molecule has 3 N–H and O–H groups in total. The predicted octanol–water partition coefficient (Wildman–Crippen LogP) is 4.97. The van der Waals surface area contributed by atoms with Gasteiger partial charge in [0, 0.05) is 17.1 Å². The number of rotatable bonds is 13. The molecule has 0 spiro atoms. The molecule has 4 rings (SSSR count). The fraction of sp³-hybridized carbons (Fsp3) is 0.300. The van der Waals surface area contributed by atoms with E-state index in [2.05, 4.69) is 20.6 Å². The number of thiazole rings is 2. The second-order valence-corrected chi connectivity index (χ2v) is 11.7. The Bertz CT molecular complexity index is 1450. The van der Waals surface area contributed by atoms with Crippen LogP contribution in [0.2, 0.25) is 0 Å². The molecule has 41 heavy (non-hydrogen) atoms. The van der Waals surface area contributed by atoms with Crippen LogP contribution in [0.25, 0.3) is 10.6 Å². The second-order valence-electron chi connectivity index (χ2n) is 9.78. The van der Waals surface area contributed by atoms with Crippen molar-refractivity contribution in [2.75, 3.05) is 0 Å². The summed E-state index contributed by atoms with van der Waals surface area (Å²) in [6.07, 6.45) is 3.38. The average Bonchev–Trinajstić information content (AvgIpc) is 3.67. The van der Waals surface area contributed by atoms with Gasteiger partial charge in [0.2, 0.25) is 11.7 Å². The Kier molecular flexibility index (Phi) is 10.4. The summed E-state index contributed by atoms with van der Waals surface area (Å²) >= 11 is 2.38. The first-order valence-electron chi connectivity index (χ1n) is 13.2. The lowest BCUT2D eigenvalue weighted by Crippen LogP contribution is -2.51. The van der Waals surface area contributed by atoms with Crippen LogP contribution in [-0.2, 0) is 11.2 Å². The first-order valence-corrected chi connectivity index (χ1v) is 14.9. The number of carbonyl (C=O) groups is 3. The van der Waals surface area contributed by atoms with E-state index in [9.17, 15) is 23.9 Å². The molecular weight excluding hydrogens is 563 g/mol. The van der Waals surface area contributed by atoms with Crippen molar-refractivity contribution in [3.05, 3.63) is 93.1 Å². The van der Waals surface area contributed by atoms with Crippen molar-refractivity contribution in [2.24, 2.45) is 0 Å². The Morgan fingerprint density at radius 2 is 1.68 bits per heavy atom. The van der Waals surface area contributed by atoms with E-state index in [0.29, 0.717) is 16.3 Å². The summed E-state index contributed by atoms with van der Waals surface area (Å²) in [4.78, 5) is 48.7. The maximum Gasteiger partial charge on any atom is 0.263 e. The van der Waals surface area contributed by atoms with E-state index in [1.165, 1.54) is 47.2 Å². The molecule has 2 amide bonds. The number of aryl methyl sites for hydroxylation is 2. The highest BCUT2D eigenvalue weighted by Gasteiger charge is 2.29. The van der Waals surface area contributed by atoms with E-state index in [1.807, 2.05) is 31.2 Å². The molecule has 2 heterocycles. The van der Waals surface area contributed by atoms with E-state index in [1.54, 1.807) is 24.4 Å². The molecule has 0 radical (unpaired) electrons. The van der Waals surface area contributed by atoms with Crippen molar-refractivity contribution in [2.45, 2.75) is 57.7 Å². The molecule has 0 fully saturated rings. The Morgan fingerprint density at radius 3 is 2.34 bits per heavy atom. The number of benzene rings is 2. The quantitative estimate of drug-likeness (QED) is 0.188. The number of nitrogens with zero attached hydrogens (tertiary/aromatic N) is 2. The van der Waals surface area contributed by atoms with Crippen LogP contribution in [-0.4, -0.2) is 50.9 Å². The third-order valence-corrected chi connectivity index (χ3v) is 8.27. The number of nitrogens with one attached hydrogen (secondary N) is 2. The second kappa shape index (κ2) is 14.2. The molecule has 2 aromatic heterocycles. The molecule has 0 saturated heterocycles. The first-order chi connectivity index (χ1) is 19.7. The highest BCUT2D eigenvalue weighted by molar-refractivity contribution is 7.16. The SMILES string of the molecule is Cc1ccc(-c2ncc(C(=O)N[C@@H](CCC(C)O)C(=O)N[C@@H](CCc3ccc(F)cc3)C(=O)c3nccs3)s2)cc1. The van der Waals surface area contributed by atoms with Crippen LogP contribution in [0.3, 0.4) is 0 Å². The molecule has 0 aliphatic carbocycles. The Balaban J connectivity index is 1.49. The largest absolute Gasteiger partial charge is 0.393 e. The molecule has 0 saturated carbocycles. The van der Waals surface area contributed by atoms with Gasteiger partial charge in [-0.3, -0.25) is 14.4 Å². The van der Waals surface area contributed by atoms with Crippen LogP contribution in [0.5, 0.6) is 0 Å². The van der Waals surface area contributed by atoms with Crippen molar-refractivity contribution >= 4 is 40.3 Å². The number of aromatic nitrogens is 2. The normalized spacial score (nSPS) is 13.3. The van der Waals surface area contributed by atoms with E-state index in [-0.39, 0.29) is 35.9 Å². The van der Waals surface area contributed by atoms with Crippen LogP contribution >= 0.6 is 22.7 Å². The number of aliphatic hydroxyl groups excluding tert-OH is 1. The number of aliphatic hydroxyl groups is 1. The lowest BCUT2D eigenvalue weighted by atomic mass is 10.0. The van der Waals surface area contributed by atoms with Crippen LogP contribution < -0.4 is 10.6 Å². The Morgan fingerprint density at radius 1 is 0.951 bits per heavy atom. The number of carbonyl (C=O) groups excluding carboxylic acids is 3. The molecule has 0 aliphatic rings. The minimum atomic E-state index is -1.00. The predicted molar refractivity (Wildman–Crippen MR) is 158 cm³/mol. The number of Topliss-reactive ketones (excluding diaryl/α,β-unsaturated/α-hetero) is 1. The molecule has 1 unspecified atom stereocenters. The van der Waals surface area contributed by atoms with Crippen LogP contribution in [0.4, 0.5) is 4.39 Å². The average molecular weight is 595 g/mol. The van der Waals surface area contributed by atoms with Gasteiger partial charge in [0.05, 0.1) is 18.3 Å². The monoisotopic (exact) mass is 594 g/mol. The molecule has 11 heteroatoms. The molecule has 0 aliphatic heterocycles. The summed E-state index contributed by atoms with van der Waals surface area (Å²) in [6, 6.07) is 11.8. The van der Waals surface area contributed by atoms with Gasteiger partial charge in [-0.1, -0.05) is 42.0 Å². The standard InChI is InChI=1S/C30H31FN4O4S2/c1-18-3-9-21(10-4-18)29-33-17-25(41-29)28(39)35-24(13-5-19(2)36)27(38)34-23(26(37)30-32-15-16-40-30)14-8-20-6-11-22(31)12-7-20/h3-4,6-7,9-12,15-17,19,23-24,36H,5,8,13-14H2,1-2H3,(H,34,38)(H,35,39)/t19?,23-,24-/m0/s1. The van der Waals surface area contributed by atoms with Crippen LogP contribution in [0.1, 0.15) is 56.8 Å². The summed E-state index contributed by atoms with van der Waals surface area (Å²) < 4.78 is 13.3. The maximum absolute atomic E-state index is 13.5. The van der Waals surface area contributed by atoms with Crippen molar-refractivity contribution in [3.63, 3.8) is 0 Å². The fourth-order valence-electron chi connectivity index (χ4n) is 4.11. The minimum absolute atomic E-state index is 0.162. The zero-order valence-electron chi connectivity index (χ0n) is 22.7. The van der Waals surface area contributed by atoms with E-state index < -0.39 is 30.0 Å². The lowest BCUT2D eigenvalue weighted by Gasteiger charge is -2.23. The van der Waals surface area contributed by atoms with Crippen LogP contribution in [0.15, 0.2) is 66.3 Å². The smallest absolute Gasteiger partial charge is 0.263 e. The van der Waals surface area contributed by atoms with Crippen LogP contribution in [0, 0.1) is 12.7 Å². The topological polar surface area (TPSA) is 121 Å². The van der Waals surface area contributed by atoms with Crippen molar-refractivity contribution in [1.82, 2.24) is 20.6 Å². The summed E-state index contributed by atoms with van der Waals surface area (Å²) in [7, 11) is 0. The van der Waals surface area contributed by atoms with Gasteiger partial charge < -0.3 is 15.7 Å². The Hall–Kier alpha value is -3.80. The third kappa shape index (κ3) is 8.59. The molecule has 0 bridgehead atoms. The molecule has 214 valence electrons. The number of hydrogen-bond donors (Lipinski definition) is 3. The van der Waals surface area contributed by atoms with Gasteiger partial charge in [0.1, 0.15) is 21.7 Å². The molecule has 3 atom stereocenters. The number of hydrogen-bond acceptors (Lipinski definition) is 8. The van der Waals surface area contributed by atoms with Gasteiger partial charge in [-0.2, -0.15) is 0 Å². The number of halogens is 1. The van der Waals surface area contributed by atoms with E-state index >= 15 is 0 Å². The highest BCUT2D eigenvalue weighted by atomic mass is 32.1. The van der Waals surface area contributed by atoms with Gasteiger partial charge in [-0.05, 0) is 57.2 Å². The Labute approximate surface area is 245 Å². The molecular formula is C30H31FN4O4S2. The van der Waals surface area contributed by atoms with Gasteiger partial charge in [-0.25, -0.2) is 14.4 Å². The summed E-state index contributed by atoms with van der Waals surface area (Å²) in [5.74, 6) is -1.72. The zero-order valence-corrected chi connectivity index (χ0v) is 24.3. The zero-order chi connectivity index (χ0) is 29.4. The van der Waals surface area contributed by atoms with E-state index in [0.717, 1.165) is 16.7 Å². The van der Waals surface area contributed by atoms with Gasteiger partial charge in [-0.15, -0.1) is 22.7 Å². The van der Waals surface area contributed by atoms with Gasteiger partial charge >= 0.3 is 0 Å². The summed E-state index contributed by atoms with van der Waals surface area (Å²) in [6.45, 7) is 3.59. The number of ketones is 1. The lowest BCUT2D eigenvalue weighted by molar-refractivity contribution is -0.123. The third-order valence-electron chi connectivity index (χ3n) is 6.43. The highest BCUT2D eigenvalue weighted by Crippen LogP contribution is 2.25. The fourth-order valence-corrected chi connectivity index (χ4v) is 5.57. The van der Waals surface area contributed by atoms with Gasteiger partial charge in [0.25, 0.3) is 5.91 Å². The van der Waals surface area contributed by atoms with Gasteiger partial charge in [0.15, 0.2) is 5.01 Å². The first kappa shape index (κ1) is 30.2. The molecule has 2 aromatic carbocycles. The minimum Gasteiger partial charge on any atom is -0.393 e. The molecule has 4 aromatic rings. The van der Waals surface area contributed by atoms with E-state index in [4.69, 9.17) is 0 Å². The maximum atomic E-state index is 13.5. The van der Waals surface area contributed by atoms with Crippen molar-refractivity contribution in [1.29, 1.82) is 0 Å². The summed E-state index contributed by atoms with van der Waals surface area (Å²) in [5.41, 5.74) is 2.80. The molecule has 8 nitrogen and oxygen atoms in total. The van der Waals surface area contributed by atoms with Crippen molar-refractivity contribution < 1.29 is 23.9 Å². The summed E-state index contributed by atoms with van der Waals surface area (Å²) in [5, 5.41) is 18.0.